The number of nitrogens with zero attached hydrogens (tertiary/aromatic N) is 1. The number of hydrogen-bond donors (Lipinski definition) is 2. The maximum atomic E-state index is 11.3. The molecule has 2 rings (SSSR count). The Morgan fingerprint density at radius 2 is 1.83 bits per heavy atom. The van der Waals surface area contributed by atoms with E-state index in [0.29, 0.717) is 13.0 Å². The van der Waals surface area contributed by atoms with Crippen LogP contribution in [0.5, 0.6) is 0 Å². The number of piperidine rings is 1. The summed E-state index contributed by atoms with van der Waals surface area (Å²) in [6.45, 7) is 0.447. The highest BCUT2D eigenvalue weighted by Gasteiger charge is 2.36. The molecule has 0 bridgehead atoms. The van der Waals surface area contributed by atoms with Crippen molar-refractivity contribution in [3.8, 4) is 0 Å². The topological polar surface area (TPSA) is 77.8 Å². The van der Waals surface area contributed by atoms with E-state index in [2.05, 4.69) is 0 Å². The van der Waals surface area contributed by atoms with Crippen molar-refractivity contribution >= 4 is 12.1 Å². The predicted molar refractivity (Wildman–Crippen MR) is 64.5 cm³/mol. The van der Waals surface area contributed by atoms with E-state index in [1.165, 1.54) is 4.90 Å². The lowest BCUT2D eigenvalue weighted by Gasteiger charge is -2.35. The van der Waals surface area contributed by atoms with Crippen LogP contribution in [0.4, 0.5) is 4.79 Å². The molecule has 1 aliphatic rings. The Morgan fingerprint density at radius 3 is 2.39 bits per heavy atom. The van der Waals surface area contributed by atoms with Crippen molar-refractivity contribution < 1.29 is 19.8 Å². The lowest BCUT2D eigenvalue weighted by atomic mass is 9.80. The second-order valence-corrected chi connectivity index (χ2v) is 4.48. The monoisotopic (exact) mass is 249 g/mol. The van der Waals surface area contributed by atoms with Gasteiger partial charge in [0.2, 0.25) is 0 Å². The first kappa shape index (κ1) is 12.4. The molecular formula is C13H15NO4. The van der Waals surface area contributed by atoms with Crippen LogP contribution in [0.1, 0.15) is 17.9 Å². The van der Waals surface area contributed by atoms with Crippen molar-refractivity contribution in [1.82, 2.24) is 4.90 Å². The summed E-state index contributed by atoms with van der Waals surface area (Å²) < 4.78 is 0. The summed E-state index contributed by atoms with van der Waals surface area (Å²) in [6, 6.07) is 9.43. The largest absolute Gasteiger partial charge is 0.481 e. The van der Waals surface area contributed by atoms with Gasteiger partial charge in [-0.25, -0.2) is 4.79 Å². The quantitative estimate of drug-likeness (QED) is 0.838. The Hall–Kier alpha value is -2.04. The number of carboxylic acid groups (broad SMARTS) is 2. The zero-order chi connectivity index (χ0) is 13.1. The van der Waals surface area contributed by atoms with Gasteiger partial charge in [0.25, 0.3) is 0 Å². The van der Waals surface area contributed by atoms with E-state index in [0.717, 1.165) is 5.56 Å². The third kappa shape index (κ3) is 2.45. The van der Waals surface area contributed by atoms with Crippen LogP contribution in [0.2, 0.25) is 0 Å². The Balaban J connectivity index is 2.21. The molecule has 0 spiro atoms. The molecule has 2 unspecified atom stereocenters. The molecule has 18 heavy (non-hydrogen) atoms. The molecule has 5 nitrogen and oxygen atoms in total. The van der Waals surface area contributed by atoms with Crippen molar-refractivity contribution in [2.45, 2.75) is 12.3 Å². The molecule has 2 N–H and O–H groups in total. The van der Waals surface area contributed by atoms with Gasteiger partial charge in [0.05, 0.1) is 5.92 Å². The van der Waals surface area contributed by atoms with Crippen molar-refractivity contribution in [3.05, 3.63) is 35.9 Å². The highest BCUT2D eigenvalue weighted by atomic mass is 16.4. The fraction of sp³-hybridized carbons (Fsp3) is 0.385. The molecule has 2 atom stereocenters. The van der Waals surface area contributed by atoms with Crippen LogP contribution in [0.15, 0.2) is 30.3 Å². The van der Waals surface area contributed by atoms with Gasteiger partial charge >= 0.3 is 12.1 Å². The Labute approximate surface area is 105 Å². The molecular weight excluding hydrogens is 234 g/mol. The fourth-order valence-corrected chi connectivity index (χ4v) is 2.48. The second-order valence-electron chi connectivity index (χ2n) is 4.48. The maximum absolute atomic E-state index is 11.3. The maximum Gasteiger partial charge on any atom is 0.407 e. The smallest absolute Gasteiger partial charge is 0.407 e. The van der Waals surface area contributed by atoms with E-state index < -0.39 is 18.0 Å². The summed E-state index contributed by atoms with van der Waals surface area (Å²) in [7, 11) is 0. The van der Waals surface area contributed by atoms with Gasteiger partial charge in [-0.1, -0.05) is 30.3 Å². The Kier molecular flexibility index (Phi) is 3.50. The average Bonchev–Trinajstić information content (AvgIpc) is 2.39. The molecule has 1 aromatic rings. The number of likely N-dealkylation sites (tertiary alicyclic amines) is 1. The molecule has 0 radical (unpaired) electrons. The molecule has 1 aromatic carbocycles. The molecule has 0 aromatic heterocycles. The van der Waals surface area contributed by atoms with Crippen LogP contribution in [-0.4, -0.2) is 40.3 Å². The van der Waals surface area contributed by atoms with Crippen LogP contribution < -0.4 is 0 Å². The molecule has 0 saturated carbocycles. The van der Waals surface area contributed by atoms with Crippen LogP contribution >= 0.6 is 0 Å². The SMILES string of the molecule is O=C(O)C1CN(C(=O)O)CCC1c1ccccc1. The molecule has 1 fully saturated rings. The third-order valence-electron chi connectivity index (χ3n) is 3.43. The molecule has 1 heterocycles. The first-order chi connectivity index (χ1) is 8.59. The van der Waals surface area contributed by atoms with Gasteiger partial charge in [0, 0.05) is 19.0 Å². The predicted octanol–water partition coefficient (Wildman–Crippen LogP) is 1.85. The van der Waals surface area contributed by atoms with E-state index in [-0.39, 0.29) is 12.5 Å². The number of carbonyl (C=O) groups is 2. The minimum Gasteiger partial charge on any atom is -0.481 e. The molecule has 96 valence electrons. The van der Waals surface area contributed by atoms with Gasteiger partial charge in [-0.15, -0.1) is 0 Å². The Bertz CT molecular complexity index is 446. The van der Waals surface area contributed by atoms with Crippen molar-refractivity contribution in [2.24, 2.45) is 5.92 Å². The molecule has 1 amide bonds. The summed E-state index contributed by atoms with van der Waals surface area (Å²) in [5.74, 6) is -1.72. The summed E-state index contributed by atoms with van der Waals surface area (Å²) in [4.78, 5) is 23.4. The zero-order valence-electron chi connectivity index (χ0n) is 9.82. The first-order valence-corrected chi connectivity index (χ1v) is 5.85. The summed E-state index contributed by atoms with van der Waals surface area (Å²) in [5, 5.41) is 18.2. The zero-order valence-corrected chi connectivity index (χ0v) is 9.82. The van der Waals surface area contributed by atoms with Gasteiger partial charge in [0.1, 0.15) is 0 Å². The average molecular weight is 249 g/mol. The third-order valence-corrected chi connectivity index (χ3v) is 3.43. The summed E-state index contributed by atoms with van der Waals surface area (Å²) in [6.07, 6.45) is -0.499. The van der Waals surface area contributed by atoms with Crippen LogP contribution in [0, 0.1) is 5.92 Å². The molecule has 1 aliphatic heterocycles. The summed E-state index contributed by atoms with van der Waals surface area (Å²) in [5.41, 5.74) is 0.968. The van der Waals surface area contributed by atoms with Crippen LogP contribution in [-0.2, 0) is 4.79 Å². The van der Waals surface area contributed by atoms with Crippen LogP contribution in [0.25, 0.3) is 0 Å². The van der Waals surface area contributed by atoms with Gasteiger partial charge < -0.3 is 15.1 Å². The number of hydrogen-bond acceptors (Lipinski definition) is 2. The highest BCUT2D eigenvalue weighted by Crippen LogP contribution is 2.33. The lowest BCUT2D eigenvalue weighted by Crippen LogP contribution is -2.45. The minimum absolute atomic E-state index is 0.0597. The molecule has 0 aliphatic carbocycles. The Morgan fingerprint density at radius 1 is 1.17 bits per heavy atom. The van der Waals surface area contributed by atoms with Crippen LogP contribution in [0.3, 0.4) is 0 Å². The number of benzene rings is 1. The number of amides is 1. The fourth-order valence-electron chi connectivity index (χ4n) is 2.48. The number of rotatable bonds is 2. The molecule has 1 saturated heterocycles. The molecule has 5 heteroatoms. The van der Waals surface area contributed by atoms with Gasteiger partial charge in [-0.05, 0) is 12.0 Å². The van der Waals surface area contributed by atoms with Gasteiger partial charge in [0.15, 0.2) is 0 Å². The minimum atomic E-state index is -1.05. The van der Waals surface area contributed by atoms with Crippen molar-refractivity contribution in [2.75, 3.05) is 13.1 Å². The van der Waals surface area contributed by atoms with E-state index in [1.54, 1.807) is 0 Å². The second kappa shape index (κ2) is 5.08. The van der Waals surface area contributed by atoms with E-state index >= 15 is 0 Å². The normalized spacial score (nSPS) is 23.7. The van der Waals surface area contributed by atoms with Gasteiger partial charge in [-0.2, -0.15) is 0 Å². The van der Waals surface area contributed by atoms with E-state index in [1.807, 2.05) is 30.3 Å². The van der Waals surface area contributed by atoms with E-state index in [4.69, 9.17) is 5.11 Å². The van der Waals surface area contributed by atoms with E-state index in [9.17, 15) is 14.7 Å². The first-order valence-electron chi connectivity index (χ1n) is 5.85. The number of carboxylic acids is 1. The number of aliphatic carboxylic acids is 1. The highest BCUT2D eigenvalue weighted by molar-refractivity contribution is 5.74. The standard InChI is InChI=1S/C13H15NO4/c15-12(16)11-8-14(13(17)18)7-6-10(11)9-4-2-1-3-5-9/h1-5,10-11H,6-8H2,(H,15,16)(H,17,18). The summed E-state index contributed by atoms with van der Waals surface area (Å²) >= 11 is 0. The lowest BCUT2D eigenvalue weighted by molar-refractivity contribution is -0.144. The van der Waals surface area contributed by atoms with Crippen molar-refractivity contribution in [3.63, 3.8) is 0 Å². The van der Waals surface area contributed by atoms with Gasteiger partial charge in [-0.3, -0.25) is 4.79 Å². The van der Waals surface area contributed by atoms with Crippen molar-refractivity contribution in [1.29, 1.82) is 0 Å².